The van der Waals surface area contributed by atoms with Gasteiger partial charge in [0.1, 0.15) is 0 Å². The van der Waals surface area contributed by atoms with Crippen LogP contribution in [0.3, 0.4) is 0 Å². The Balaban J connectivity index is 2.09. The summed E-state index contributed by atoms with van der Waals surface area (Å²) in [6, 6.07) is 7.21. The molecule has 1 aromatic carbocycles. The second-order valence-corrected chi connectivity index (χ2v) is 5.28. The third-order valence-corrected chi connectivity index (χ3v) is 3.61. The first-order valence-corrected chi connectivity index (χ1v) is 6.59. The van der Waals surface area contributed by atoms with Crippen molar-refractivity contribution in [2.45, 2.75) is 26.2 Å². The first-order valence-electron chi connectivity index (χ1n) is 6.21. The maximum atomic E-state index is 12.3. The molecule has 1 aliphatic rings. The van der Waals surface area contributed by atoms with Crippen LogP contribution in [0.4, 0.5) is 0 Å². The van der Waals surface area contributed by atoms with Crippen LogP contribution in [0.5, 0.6) is 0 Å². The fraction of sp³-hybridized carbons (Fsp3) is 0.500. The van der Waals surface area contributed by atoms with Gasteiger partial charge in [-0.15, -0.1) is 0 Å². The van der Waals surface area contributed by atoms with Crippen molar-refractivity contribution in [3.8, 4) is 0 Å². The molecule has 0 aromatic heterocycles. The lowest BCUT2D eigenvalue weighted by atomic mass is 10.0. The standard InChI is InChI=1S/C14H18ClNO/c1-11-4-3-8-16(9-7-11)14(17)12-5-2-6-13(15)10-12/h2,5-6,10-11H,3-4,7-9H2,1H3. The van der Waals surface area contributed by atoms with E-state index in [9.17, 15) is 4.79 Å². The minimum absolute atomic E-state index is 0.113. The topological polar surface area (TPSA) is 20.3 Å². The number of carbonyl (C=O) groups is 1. The van der Waals surface area contributed by atoms with Gasteiger partial charge in [-0.2, -0.15) is 0 Å². The van der Waals surface area contributed by atoms with Crippen LogP contribution in [0.2, 0.25) is 5.02 Å². The Morgan fingerprint density at radius 3 is 2.94 bits per heavy atom. The summed E-state index contributed by atoms with van der Waals surface area (Å²) in [6.45, 7) is 4.00. The van der Waals surface area contributed by atoms with Crippen molar-refractivity contribution < 1.29 is 4.79 Å². The van der Waals surface area contributed by atoms with Gasteiger partial charge in [-0.05, 0) is 43.4 Å². The van der Waals surface area contributed by atoms with Gasteiger partial charge in [0, 0.05) is 23.7 Å². The van der Waals surface area contributed by atoms with Crippen LogP contribution in [-0.4, -0.2) is 23.9 Å². The van der Waals surface area contributed by atoms with E-state index in [0.717, 1.165) is 31.8 Å². The van der Waals surface area contributed by atoms with Crippen molar-refractivity contribution in [1.29, 1.82) is 0 Å². The molecule has 2 rings (SSSR count). The number of carbonyl (C=O) groups excluding carboxylic acids is 1. The molecule has 17 heavy (non-hydrogen) atoms. The molecular weight excluding hydrogens is 234 g/mol. The molecule has 0 aliphatic carbocycles. The van der Waals surface area contributed by atoms with Crippen molar-refractivity contribution in [3.05, 3.63) is 34.9 Å². The van der Waals surface area contributed by atoms with Crippen molar-refractivity contribution in [2.24, 2.45) is 5.92 Å². The van der Waals surface area contributed by atoms with Gasteiger partial charge in [-0.1, -0.05) is 24.6 Å². The Morgan fingerprint density at radius 1 is 1.35 bits per heavy atom. The second kappa shape index (κ2) is 5.54. The lowest BCUT2D eigenvalue weighted by Gasteiger charge is -2.20. The normalized spacial score (nSPS) is 21.1. The summed E-state index contributed by atoms with van der Waals surface area (Å²) in [6.07, 6.45) is 3.43. The van der Waals surface area contributed by atoms with Crippen LogP contribution in [-0.2, 0) is 0 Å². The molecule has 1 fully saturated rings. The number of hydrogen-bond donors (Lipinski definition) is 0. The molecule has 0 spiro atoms. The molecule has 1 unspecified atom stereocenters. The smallest absolute Gasteiger partial charge is 0.253 e. The van der Waals surface area contributed by atoms with Gasteiger partial charge in [0.05, 0.1) is 0 Å². The predicted molar refractivity (Wildman–Crippen MR) is 70.4 cm³/mol. The molecule has 1 aromatic rings. The van der Waals surface area contributed by atoms with Gasteiger partial charge in [-0.3, -0.25) is 4.79 Å². The number of halogens is 1. The zero-order valence-electron chi connectivity index (χ0n) is 10.2. The number of likely N-dealkylation sites (tertiary alicyclic amines) is 1. The first kappa shape index (κ1) is 12.4. The maximum absolute atomic E-state index is 12.3. The summed E-state index contributed by atoms with van der Waals surface area (Å²) in [5, 5.41) is 0.624. The molecule has 1 aliphatic heterocycles. The molecule has 92 valence electrons. The fourth-order valence-corrected chi connectivity index (χ4v) is 2.46. The lowest BCUT2D eigenvalue weighted by Crippen LogP contribution is -2.31. The van der Waals surface area contributed by atoms with Crippen LogP contribution in [0.1, 0.15) is 36.5 Å². The minimum atomic E-state index is 0.113. The van der Waals surface area contributed by atoms with E-state index < -0.39 is 0 Å². The van der Waals surface area contributed by atoms with Gasteiger partial charge in [0.2, 0.25) is 0 Å². The summed E-state index contributed by atoms with van der Waals surface area (Å²) >= 11 is 5.91. The number of rotatable bonds is 1. The highest BCUT2D eigenvalue weighted by molar-refractivity contribution is 6.30. The summed E-state index contributed by atoms with van der Waals surface area (Å²) in [5.41, 5.74) is 0.701. The Bertz CT molecular complexity index is 405. The molecule has 1 heterocycles. The van der Waals surface area contributed by atoms with Crippen LogP contribution in [0.15, 0.2) is 24.3 Å². The van der Waals surface area contributed by atoms with Gasteiger partial charge in [0.15, 0.2) is 0 Å². The predicted octanol–water partition coefficient (Wildman–Crippen LogP) is 3.60. The molecule has 1 saturated heterocycles. The van der Waals surface area contributed by atoms with Crippen LogP contribution >= 0.6 is 11.6 Å². The molecule has 3 heteroatoms. The van der Waals surface area contributed by atoms with E-state index in [4.69, 9.17) is 11.6 Å². The Morgan fingerprint density at radius 2 is 2.18 bits per heavy atom. The third-order valence-electron chi connectivity index (χ3n) is 3.38. The Labute approximate surface area is 108 Å². The van der Waals surface area contributed by atoms with Crippen LogP contribution in [0.25, 0.3) is 0 Å². The molecule has 0 saturated carbocycles. The van der Waals surface area contributed by atoms with Crippen molar-refractivity contribution in [2.75, 3.05) is 13.1 Å². The zero-order valence-corrected chi connectivity index (χ0v) is 10.9. The van der Waals surface area contributed by atoms with E-state index in [1.807, 2.05) is 17.0 Å². The number of benzene rings is 1. The summed E-state index contributed by atoms with van der Waals surface area (Å²) < 4.78 is 0. The van der Waals surface area contributed by atoms with E-state index in [0.29, 0.717) is 10.6 Å². The highest BCUT2D eigenvalue weighted by atomic mass is 35.5. The average Bonchev–Trinajstić information content (AvgIpc) is 2.53. The van der Waals surface area contributed by atoms with E-state index in [2.05, 4.69) is 6.92 Å². The van der Waals surface area contributed by atoms with E-state index in [1.165, 1.54) is 6.42 Å². The van der Waals surface area contributed by atoms with Crippen LogP contribution < -0.4 is 0 Å². The zero-order chi connectivity index (χ0) is 12.3. The molecule has 1 atom stereocenters. The highest BCUT2D eigenvalue weighted by Crippen LogP contribution is 2.19. The van der Waals surface area contributed by atoms with Crippen LogP contribution in [0, 0.1) is 5.92 Å². The number of hydrogen-bond acceptors (Lipinski definition) is 1. The average molecular weight is 252 g/mol. The molecule has 1 amide bonds. The van der Waals surface area contributed by atoms with Gasteiger partial charge < -0.3 is 4.90 Å². The van der Waals surface area contributed by atoms with Crippen molar-refractivity contribution in [1.82, 2.24) is 4.90 Å². The first-order chi connectivity index (χ1) is 8.16. The Kier molecular flexibility index (Phi) is 4.06. The maximum Gasteiger partial charge on any atom is 0.253 e. The molecule has 0 radical (unpaired) electrons. The van der Waals surface area contributed by atoms with Gasteiger partial charge in [0.25, 0.3) is 5.91 Å². The summed E-state index contributed by atoms with van der Waals surface area (Å²) in [7, 11) is 0. The molecule has 0 N–H and O–H groups in total. The SMILES string of the molecule is CC1CCCN(C(=O)c2cccc(Cl)c2)CC1. The quantitative estimate of drug-likeness (QED) is 0.747. The minimum Gasteiger partial charge on any atom is -0.339 e. The van der Waals surface area contributed by atoms with E-state index in [1.54, 1.807) is 12.1 Å². The van der Waals surface area contributed by atoms with Gasteiger partial charge >= 0.3 is 0 Å². The monoisotopic (exact) mass is 251 g/mol. The Hall–Kier alpha value is -1.02. The molecule has 2 nitrogen and oxygen atoms in total. The molecular formula is C14H18ClNO. The van der Waals surface area contributed by atoms with Crippen molar-refractivity contribution >= 4 is 17.5 Å². The number of amides is 1. The van der Waals surface area contributed by atoms with Gasteiger partial charge in [-0.25, -0.2) is 0 Å². The van der Waals surface area contributed by atoms with E-state index >= 15 is 0 Å². The highest BCUT2D eigenvalue weighted by Gasteiger charge is 2.19. The lowest BCUT2D eigenvalue weighted by molar-refractivity contribution is 0.0760. The largest absolute Gasteiger partial charge is 0.339 e. The van der Waals surface area contributed by atoms with Crippen molar-refractivity contribution in [3.63, 3.8) is 0 Å². The summed E-state index contributed by atoms with van der Waals surface area (Å²) in [5.74, 6) is 0.841. The third kappa shape index (κ3) is 3.22. The fourth-order valence-electron chi connectivity index (χ4n) is 2.27. The summed E-state index contributed by atoms with van der Waals surface area (Å²) in [4.78, 5) is 14.2. The number of nitrogens with zero attached hydrogens (tertiary/aromatic N) is 1. The molecule has 0 bridgehead atoms. The second-order valence-electron chi connectivity index (χ2n) is 4.84. The van der Waals surface area contributed by atoms with E-state index in [-0.39, 0.29) is 5.91 Å².